The van der Waals surface area contributed by atoms with Gasteiger partial charge in [-0.3, -0.25) is 9.36 Å². The van der Waals surface area contributed by atoms with Gasteiger partial charge in [-0.15, -0.1) is 0 Å². The van der Waals surface area contributed by atoms with Crippen LogP contribution in [-0.4, -0.2) is 21.2 Å². The van der Waals surface area contributed by atoms with Crippen LogP contribution in [0, 0.1) is 0 Å². The second-order valence-corrected chi connectivity index (χ2v) is 9.29. The summed E-state index contributed by atoms with van der Waals surface area (Å²) in [5, 5.41) is 3.49. The summed E-state index contributed by atoms with van der Waals surface area (Å²) in [6.45, 7) is 9.31. The number of ether oxygens (including phenoxy) is 1. The summed E-state index contributed by atoms with van der Waals surface area (Å²) in [6, 6.07) is 12.4. The molecule has 1 heterocycles. The maximum atomic E-state index is 13.6. The molecule has 2 aromatic carbocycles. The Balaban J connectivity index is 2.15. The summed E-state index contributed by atoms with van der Waals surface area (Å²) in [7, 11) is 0. The molecule has 170 valence electrons. The Morgan fingerprint density at radius 1 is 1.22 bits per heavy atom. The lowest BCUT2D eigenvalue weighted by Gasteiger charge is -2.23. The number of aryl methyl sites for hydroxylation is 1. The number of hydrogen-bond acceptors (Lipinski definition) is 4. The zero-order chi connectivity index (χ0) is 23.5. The highest BCUT2D eigenvalue weighted by Crippen LogP contribution is 2.24. The van der Waals surface area contributed by atoms with Gasteiger partial charge < -0.3 is 10.1 Å². The van der Waals surface area contributed by atoms with E-state index in [4.69, 9.17) is 21.3 Å². The Morgan fingerprint density at radius 2 is 1.94 bits per heavy atom. The molecule has 1 atom stereocenters. The van der Waals surface area contributed by atoms with Crippen molar-refractivity contribution in [1.29, 1.82) is 0 Å². The number of unbranched alkanes of at least 4 members (excludes halogenated alkanes) is 1. The largest absolute Gasteiger partial charge is 0.444 e. The first-order chi connectivity index (χ1) is 15.1. The van der Waals surface area contributed by atoms with Gasteiger partial charge in [0.25, 0.3) is 5.56 Å². The van der Waals surface area contributed by atoms with Gasteiger partial charge in [-0.2, -0.15) is 0 Å². The van der Waals surface area contributed by atoms with E-state index in [0.29, 0.717) is 27.4 Å². The summed E-state index contributed by atoms with van der Waals surface area (Å²) >= 11 is 6.37. The van der Waals surface area contributed by atoms with Crippen molar-refractivity contribution >= 4 is 28.6 Å². The van der Waals surface area contributed by atoms with E-state index in [0.717, 1.165) is 24.8 Å². The molecule has 0 radical (unpaired) electrons. The van der Waals surface area contributed by atoms with Crippen molar-refractivity contribution in [1.82, 2.24) is 14.9 Å². The van der Waals surface area contributed by atoms with Crippen LogP contribution in [0.2, 0.25) is 5.02 Å². The summed E-state index contributed by atoms with van der Waals surface area (Å²) < 4.78 is 6.92. The molecule has 0 aliphatic rings. The first-order valence-corrected chi connectivity index (χ1v) is 11.3. The van der Waals surface area contributed by atoms with Gasteiger partial charge >= 0.3 is 6.09 Å². The van der Waals surface area contributed by atoms with Gasteiger partial charge in [-0.25, -0.2) is 9.78 Å². The molecular formula is C25H30ClN3O3. The molecule has 0 aliphatic heterocycles. The van der Waals surface area contributed by atoms with Crippen molar-refractivity contribution in [3.8, 4) is 5.69 Å². The smallest absolute Gasteiger partial charge is 0.408 e. The number of nitrogens with zero attached hydrogens (tertiary/aromatic N) is 2. The van der Waals surface area contributed by atoms with Crippen molar-refractivity contribution in [3.63, 3.8) is 0 Å². The fourth-order valence-corrected chi connectivity index (χ4v) is 3.78. The SMILES string of the molecule is CCCCc1cccc(-n2c([C@H](C)NC(=O)OC(C)(C)C)nc3cccc(Cl)c3c2=O)c1. The van der Waals surface area contributed by atoms with Crippen molar-refractivity contribution in [2.24, 2.45) is 0 Å². The average molecular weight is 456 g/mol. The maximum absolute atomic E-state index is 13.6. The van der Waals surface area contributed by atoms with Crippen LogP contribution in [-0.2, 0) is 11.2 Å². The van der Waals surface area contributed by atoms with Crippen molar-refractivity contribution < 1.29 is 9.53 Å². The zero-order valence-corrected chi connectivity index (χ0v) is 20.0. The topological polar surface area (TPSA) is 73.2 Å². The molecule has 3 rings (SSSR count). The van der Waals surface area contributed by atoms with Gasteiger partial charge in [0.2, 0.25) is 0 Å². The van der Waals surface area contributed by atoms with Crippen LogP contribution in [0.1, 0.15) is 64.9 Å². The van der Waals surface area contributed by atoms with Crippen LogP contribution >= 0.6 is 11.6 Å². The van der Waals surface area contributed by atoms with Gasteiger partial charge in [0.1, 0.15) is 11.4 Å². The molecule has 1 N–H and O–H groups in total. The number of alkyl carbamates (subject to hydrolysis) is 1. The minimum atomic E-state index is -0.637. The number of hydrogen-bond donors (Lipinski definition) is 1. The van der Waals surface area contributed by atoms with Crippen molar-refractivity contribution in [3.05, 3.63) is 69.2 Å². The molecule has 0 bridgehead atoms. The van der Waals surface area contributed by atoms with Crippen LogP contribution < -0.4 is 10.9 Å². The normalized spacial score (nSPS) is 12.6. The Morgan fingerprint density at radius 3 is 2.62 bits per heavy atom. The van der Waals surface area contributed by atoms with E-state index < -0.39 is 17.7 Å². The van der Waals surface area contributed by atoms with Crippen LogP contribution in [0.3, 0.4) is 0 Å². The van der Waals surface area contributed by atoms with E-state index in [1.54, 1.807) is 45.9 Å². The highest BCUT2D eigenvalue weighted by atomic mass is 35.5. The molecule has 1 amide bonds. The molecule has 0 saturated carbocycles. The lowest BCUT2D eigenvalue weighted by atomic mass is 10.1. The number of aromatic nitrogens is 2. The Bertz CT molecular complexity index is 1180. The van der Waals surface area contributed by atoms with Crippen LogP contribution in [0.15, 0.2) is 47.3 Å². The van der Waals surface area contributed by atoms with Gasteiger partial charge in [0.05, 0.1) is 27.7 Å². The Kier molecular flexibility index (Phi) is 7.24. The molecule has 7 heteroatoms. The van der Waals surface area contributed by atoms with Crippen molar-refractivity contribution in [2.75, 3.05) is 0 Å². The summed E-state index contributed by atoms with van der Waals surface area (Å²) in [6.07, 6.45) is 2.49. The van der Waals surface area contributed by atoms with Crippen LogP contribution in [0.4, 0.5) is 4.79 Å². The first-order valence-electron chi connectivity index (χ1n) is 10.9. The molecule has 0 fully saturated rings. The molecule has 0 aliphatic carbocycles. The first kappa shape index (κ1) is 23.8. The van der Waals surface area contributed by atoms with Crippen molar-refractivity contribution in [2.45, 2.75) is 65.5 Å². The molecule has 6 nitrogen and oxygen atoms in total. The number of benzene rings is 2. The predicted molar refractivity (Wildman–Crippen MR) is 129 cm³/mol. The van der Waals surface area contributed by atoms with Gasteiger partial charge in [0.15, 0.2) is 0 Å². The number of rotatable bonds is 6. The predicted octanol–water partition coefficient (Wildman–Crippen LogP) is 5.97. The fourth-order valence-electron chi connectivity index (χ4n) is 3.53. The van der Waals surface area contributed by atoms with Crippen LogP contribution in [0.25, 0.3) is 16.6 Å². The Hall–Kier alpha value is -2.86. The van der Waals surface area contributed by atoms with E-state index in [-0.39, 0.29) is 5.56 Å². The third kappa shape index (κ3) is 5.49. The van der Waals surface area contributed by atoms with E-state index >= 15 is 0 Å². The molecule has 0 unspecified atom stereocenters. The third-order valence-electron chi connectivity index (χ3n) is 4.98. The zero-order valence-electron chi connectivity index (χ0n) is 19.2. The second-order valence-electron chi connectivity index (χ2n) is 8.89. The Labute approximate surface area is 193 Å². The van der Waals surface area contributed by atoms with E-state index in [9.17, 15) is 9.59 Å². The molecular weight excluding hydrogens is 426 g/mol. The number of carbonyl (C=O) groups excluding carboxylic acids is 1. The number of fused-ring (bicyclic) bond motifs is 1. The van der Waals surface area contributed by atoms with E-state index in [1.165, 1.54) is 4.57 Å². The molecule has 32 heavy (non-hydrogen) atoms. The monoisotopic (exact) mass is 455 g/mol. The van der Waals surface area contributed by atoms with E-state index in [2.05, 4.69) is 12.2 Å². The summed E-state index contributed by atoms with van der Waals surface area (Å²) in [5.74, 6) is 0.406. The number of nitrogens with one attached hydrogen (secondary N) is 1. The standard InChI is InChI=1S/C25H30ClN3O3/c1-6-7-10-17-11-8-12-18(15-17)29-22(16(2)27-24(31)32-25(3,4)5)28-20-14-9-13-19(26)21(20)23(29)30/h8-9,11-16H,6-7,10H2,1-5H3,(H,27,31)/t16-/m0/s1. The minimum absolute atomic E-state index is 0.277. The number of halogens is 1. The summed E-state index contributed by atoms with van der Waals surface area (Å²) in [4.78, 5) is 30.7. The molecule has 3 aromatic rings. The maximum Gasteiger partial charge on any atom is 0.408 e. The second kappa shape index (κ2) is 9.74. The molecule has 0 saturated heterocycles. The lowest BCUT2D eigenvalue weighted by Crippen LogP contribution is -2.37. The van der Waals surface area contributed by atoms with E-state index in [1.807, 2.05) is 24.3 Å². The summed E-state index contributed by atoms with van der Waals surface area (Å²) in [5.41, 5.74) is 1.39. The van der Waals surface area contributed by atoms with Gasteiger partial charge in [-0.1, -0.05) is 43.1 Å². The molecule has 1 aromatic heterocycles. The minimum Gasteiger partial charge on any atom is -0.444 e. The lowest BCUT2D eigenvalue weighted by molar-refractivity contribution is 0.0505. The third-order valence-corrected chi connectivity index (χ3v) is 5.30. The van der Waals surface area contributed by atoms with Gasteiger partial charge in [-0.05, 0) is 70.4 Å². The highest BCUT2D eigenvalue weighted by Gasteiger charge is 2.23. The highest BCUT2D eigenvalue weighted by molar-refractivity contribution is 6.35. The van der Waals surface area contributed by atoms with Gasteiger partial charge in [0, 0.05) is 0 Å². The number of amides is 1. The van der Waals surface area contributed by atoms with Crippen LogP contribution in [0.5, 0.6) is 0 Å². The number of carbonyl (C=O) groups is 1. The average Bonchev–Trinajstić information content (AvgIpc) is 2.70. The fraction of sp³-hybridized carbons (Fsp3) is 0.400. The quantitative estimate of drug-likeness (QED) is 0.497. The molecule has 0 spiro atoms.